The third-order valence-electron chi connectivity index (χ3n) is 7.36. The fraction of sp³-hybridized carbons (Fsp3) is 0.379. The van der Waals surface area contributed by atoms with Gasteiger partial charge in [0.1, 0.15) is 11.3 Å². The van der Waals surface area contributed by atoms with Gasteiger partial charge in [0.2, 0.25) is 0 Å². The van der Waals surface area contributed by atoms with E-state index in [9.17, 15) is 0 Å². The number of hydrogen-bond donors (Lipinski definition) is 1. The summed E-state index contributed by atoms with van der Waals surface area (Å²) < 4.78 is 24.1. The minimum absolute atomic E-state index is 0.0424. The van der Waals surface area contributed by atoms with Crippen LogP contribution in [0.15, 0.2) is 48.5 Å². The van der Waals surface area contributed by atoms with E-state index < -0.39 is 0 Å². The van der Waals surface area contributed by atoms with E-state index in [0.29, 0.717) is 35.6 Å². The van der Waals surface area contributed by atoms with Crippen LogP contribution in [0.1, 0.15) is 49.4 Å². The third-order valence-corrected chi connectivity index (χ3v) is 7.36. The molecule has 3 aromatic heterocycles. The van der Waals surface area contributed by atoms with Gasteiger partial charge in [0.05, 0.1) is 0 Å². The molecule has 12 heteroatoms. The second-order valence-corrected chi connectivity index (χ2v) is 9.99. The molecule has 1 aliphatic carbocycles. The third kappa shape index (κ3) is 5.61. The lowest BCUT2D eigenvalue weighted by molar-refractivity contribution is 0.0435. The van der Waals surface area contributed by atoms with Crippen LogP contribution >= 0.6 is 0 Å². The van der Waals surface area contributed by atoms with Crippen molar-refractivity contribution in [3.05, 3.63) is 59.9 Å². The van der Waals surface area contributed by atoms with Gasteiger partial charge in [-0.15, -0.1) is 15.3 Å². The van der Waals surface area contributed by atoms with Gasteiger partial charge in [-0.05, 0) is 40.0 Å². The van der Waals surface area contributed by atoms with Gasteiger partial charge < -0.3 is 23.5 Å². The van der Waals surface area contributed by atoms with Crippen molar-refractivity contribution in [1.82, 2.24) is 40.4 Å². The first kappa shape index (κ1) is 26.8. The second-order valence-electron chi connectivity index (χ2n) is 9.99. The molecule has 3 heterocycles. The van der Waals surface area contributed by atoms with Crippen molar-refractivity contribution in [3.8, 4) is 34.3 Å². The predicted molar refractivity (Wildman–Crippen MR) is 150 cm³/mol. The fourth-order valence-corrected chi connectivity index (χ4v) is 5.46. The van der Waals surface area contributed by atoms with Crippen molar-refractivity contribution in [2.24, 2.45) is 0 Å². The zero-order valence-corrected chi connectivity index (χ0v) is 23.1. The van der Waals surface area contributed by atoms with Crippen LogP contribution in [0.4, 0.5) is 0 Å². The maximum atomic E-state index is 5.87. The Morgan fingerprint density at radius 3 is 2.24 bits per heavy atom. The molecule has 0 radical (unpaired) electrons. The maximum Gasteiger partial charge on any atom is 0.264 e. The van der Waals surface area contributed by atoms with Crippen LogP contribution in [0.25, 0.3) is 33.5 Å². The minimum atomic E-state index is 0.0424. The number of benzene rings is 2. The number of nitrogens with one attached hydrogen (secondary N) is 1. The monoisotopic (exact) mass is 556 g/mol. The van der Waals surface area contributed by atoms with Crippen LogP contribution in [0, 0.1) is 0 Å². The number of hydrogen-bond acceptors (Lipinski definition) is 10. The highest BCUT2D eigenvalue weighted by Gasteiger charge is 2.27. The Bertz CT molecular complexity index is 1580. The average Bonchev–Trinajstić information content (AvgIpc) is 3.70. The second kappa shape index (κ2) is 12.4. The number of tetrazole rings is 1. The zero-order valence-electron chi connectivity index (χ0n) is 23.1. The lowest BCUT2D eigenvalue weighted by atomic mass is 9.88. The first-order valence-corrected chi connectivity index (χ1v) is 13.7. The molecule has 0 unspecified atom stereocenters. The van der Waals surface area contributed by atoms with Crippen molar-refractivity contribution >= 4 is 11.0 Å². The highest BCUT2D eigenvalue weighted by Crippen LogP contribution is 2.38. The number of methoxy groups -OCH3 is 2. The summed E-state index contributed by atoms with van der Waals surface area (Å²) in [7, 11) is 3.14. The number of imidazole rings is 1. The molecular weight excluding hydrogens is 524 g/mol. The van der Waals surface area contributed by atoms with Crippen molar-refractivity contribution in [2.75, 3.05) is 27.8 Å². The largest absolute Gasteiger partial charge is 0.448 e. The molecule has 0 bridgehead atoms. The fourth-order valence-electron chi connectivity index (χ4n) is 5.46. The van der Waals surface area contributed by atoms with E-state index in [2.05, 4.69) is 65.7 Å². The molecule has 0 aliphatic heterocycles. The Morgan fingerprint density at radius 2 is 1.54 bits per heavy atom. The average molecular weight is 557 g/mol. The van der Waals surface area contributed by atoms with Crippen molar-refractivity contribution < 1.29 is 18.9 Å². The molecule has 0 saturated heterocycles. The lowest BCUT2D eigenvalue weighted by Crippen LogP contribution is -2.14. The van der Waals surface area contributed by atoms with Crippen molar-refractivity contribution in [2.45, 2.75) is 44.6 Å². The van der Waals surface area contributed by atoms with E-state index in [0.717, 1.165) is 46.4 Å². The van der Waals surface area contributed by atoms with Crippen molar-refractivity contribution in [1.29, 1.82) is 0 Å². The first-order valence-electron chi connectivity index (χ1n) is 13.7. The summed E-state index contributed by atoms with van der Waals surface area (Å²) in [5.41, 5.74) is 5.49. The number of aromatic nitrogens is 8. The standard InChI is InChI=1S/C29H32N8O4/c1-38-17-40-28-24-25(29(34-33-28)41-18-39-2)37(27(30-24)21-8-4-3-5-9-21)16-19-12-14-20(15-13-19)22-10-6-7-11-23(22)26-31-35-36-32-26/h6-7,10-15,21H,3-5,8-9,16-18H2,1-2H3,(H,31,32,35,36). The molecule has 0 amide bonds. The van der Waals surface area contributed by atoms with Gasteiger partial charge in [0.25, 0.3) is 11.8 Å². The quantitative estimate of drug-likeness (QED) is 0.227. The van der Waals surface area contributed by atoms with Gasteiger partial charge in [-0.3, -0.25) is 0 Å². The van der Waals surface area contributed by atoms with Crippen LogP contribution < -0.4 is 9.47 Å². The summed E-state index contributed by atoms with van der Waals surface area (Å²) in [6.07, 6.45) is 5.77. The molecule has 1 N–H and O–H groups in total. The van der Waals surface area contributed by atoms with E-state index in [1.807, 2.05) is 18.2 Å². The molecule has 1 fully saturated rings. The van der Waals surface area contributed by atoms with Crippen LogP contribution in [0.2, 0.25) is 0 Å². The van der Waals surface area contributed by atoms with Crippen LogP contribution in [0.5, 0.6) is 11.8 Å². The van der Waals surface area contributed by atoms with Gasteiger partial charge in [0.15, 0.2) is 24.9 Å². The van der Waals surface area contributed by atoms with E-state index in [-0.39, 0.29) is 13.6 Å². The van der Waals surface area contributed by atoms with E-state index >= 15 is 0 Å². The highest BCUT2D eigenvalue weighted by atomic mass is 16.7. The molecule has 212 valence electrons. The topological polar surface area (TPSA) is 135 Å². The maximum absolute atomic E-state index is 5.87. The zero-order chi connectivity index (χ0) is 28.0. The van der Waals surface area contributed by atoms with E-state index in [1.54, 1.807) is 14.2 Å². The van der Waals surface area contributed by atoms with Gasteiger partial charge in [0, 0.05) is 32.2 Å². The van der Waals surface area contributed by atoms with E-state index in [1.165, 1.54) is 19.3 Å². The summed E-state index contributed by atoms with van der Waals surface area (Å²) in [5.74, 6) is 2.61. The summed E-state index contributed by atoms with van der Waals surface area (Å²) in [4.78, 5) is 5.10. The summed E-state index contributed by atoms with van der Waals surface area (Å²) >= 11 is 0. The molecule has 0 atom stereocenters. The highest BCUT2D eigenvalue weighted by molar-refractivity contribution is 5.85. The number of aromatic amines is 1. The summed E-state index contributed by atoms with van der Waals surface area (Å²) in [6.45, 7) is 0.663. The number of ether oxygens (including phenoxy) is 4. The van der Waals surface area contributed by atoms with Crippen LogP contribution in [-0.2, 0) is 16.0 Å². The molecule has 0 spiro atoms. The molecule has 1 saturated carbocycles. The number of fused-ring (bicyclic) bond motifs is 1. The molecule has 1 aliphatic rings. The molecule has 41 heavy (non-hydrogen) atoms. The predicted octanol–water partition coefficient (Wildman–Crippen LogP) is 4.73. The molecule has 6 rings (SSSR count). The SMILES string of the molecule is COCOc1nnc(OCOC)c2c1nc(C1CCCCC1)n2Cc1ccc(-c2ccccc2-c2nnn[nH]2)cc1. The summed E-state index contributed by atoms with van der Waals surface area (Å²) in [6, 6.07) is 16.6. The first-order chi connectivity index (χ1) is 20.3. The normalized spacial score (nSPS) is 14.0. The smallest absolute Gasteiger partial charge is 0.264 e. The van der Waals surface area contributed by atoms with E-state index in [4.69, 9.17) is 23.9 Å². The molecule has 12 nitrogen and oxygen atoms in total. The molecule has 2 aromatic carbocycles. The van der Waals surface area contributed by atoms with Gasteiger partial charge in [-0.1, -0.05) is 67.8 Å². The Balaban J connectivity index is 1.40. The van der Waals surface area contributed by atoms with Gasteiger partial charge >= 0.3 is 0 Å². The van der Waals surface area contributed by atoms with Crippen LogP contribution in [0.3, 0.4) is 0 Å². The minimum Gasteiger partial charge on any atom is -0.448 e. The lowest BCUT2D eigenvalue weighted by Gasteiger charge is -2.22. The van der Waals surface area contributed by atoms with Crippen molar-refractivity contribution in [3.63, 3.8) is 0 Å². The number of nitrogens with zero attached hydrogens (tertiary/aromatic N) is 7. The Hall–Kier alpha value is -4.42. The molecular formula is C29H32N8O4. The van der Waals surface area contributed by atoms with Gasteiger partial charge in [-0.2, -0.15) is 0 Å². The van der Waals surface area contributed by atoms with Crippen LogP contribution in [-0.4, -0.2) is 68.2 Å². The summed E-state index contributed by atoms with van der Waals surface area (Å²) in [5, 5.41) is 23.0. The number of H-pyrrole nitrogens is 1. The van der Waals surface area contributed by atoms with Gasteiger partial charge in [-0.25, -0.2) is 10.1 Å². The Morgan fingerprint density at radius 1 is 0.829 bits per heavy atom. The number of rotatable bonds is 11. The molecule has 5 aromatic rings. The Labute approximate surface area is 237 Å². The Kier molecular flexibility index (Phi) is 8.10.